The standard InChI is InChI=1S/C23H16ClF2N3O2/c1-13-6-8-15(11-19(13)26)27-21(30)12-29-20-9-7-14(24)10-17(20)22(28-23(29)31)16-4-2-3-5-18(16)25/h2-11H,12H2,1H3,(H,27,30). The molecule has 0 saturated carbocycles. The molecule has 0 aliphatic rings. The van der Waals surface area contributed by atoms with Crippen molar-refractivity contribution in [3.8, 4) is 11.3 Å². The zero-order chi connectivity index (χ0) is 22.1. The van der Waals surface area contributed by atoms with Crippen LogP contribution in [0, 0.1) is 18.6 Å². The highest BCUT2D eigenvalue weighted by atomic mass is 35.5. The van der Waals surface area contributed by atoms with Crippen molar-refractivity contribution in [1.82, 2.24) is 9.55 Å². The maximum atomic E-state index is 14.4. The van der Waals surface area contributed by atoms with Crippen molar-refractivity contribution >= 4 is 34.1 Å². The Kier molecular flexibility index (Phi) is 5.52. The molecule has 156 valence electrons. The highest BCUT2D eigenvalue weighted by molar-refractivity contribution is 6.31. The lowest BCUT2D eigenvalue weighted by molar-refractivity contribution is -0.116. The fourth-order valence-electron chi connectivity index (χ4n) is 3.28. The van der Waals surface area contributed by atoms with Crippen molar-refractivity contribution in [3.63, 3.8) is 0 Å². The zero-order valence-corrected chi connectivity index (χ0v) is 17.1. The van der Waals surface area contributed by atoms with Gasteiger partial charge in [0.15, 0.2) is 0 Å². The fourth-order valence-corrected chi connectivity index (χ4v) is 3.45. The number of anilines is 1. The molecule has 4 rings (SSSR count). The molecule has 0 saturated heterocycles. The van der Waals surface area contributed by atoms with Gasteiger partial charge >= 0.3 is 5.69 Å². The van der Waals surface area contributed by atoms with E-state index in [2.05, 4.69) is 10.3 Å². The number of hydrogen-bond donors (Lipinski definition) is 1. The van der Waals surface area contributed by atoms with Gasteiger partial charge in [0.1, 0.15) is 18.2 Å². The summed E-state index contributed by atoms with van der Waals surface area (Å²) in [6, 6.07) is 15.0. The summed E-state index contributed by atoms with van der Waals surface area (Å²) in [5.74, 6) is -1.53. The van der Waals surface area contributed by atoms with Crippen molar-refractivity contribution in [1.29, 1.82) is 0 Å². The van der Waals surface area contributed by atoms with E-state index in [0.29, 0.717) is 21.5 Å². The van der Waals surface area contributed by atoms with E-state index in [9.17, 15) is 18.4 Å². The van der Waals surface area contributed by atoms with Gasteiger partial charge in [0.25, 0.3) is 0 Å². The minimum absolute atomic E-state index is 0.137. The third-order valence-corrected chi connectivity index (χ3v) is 5.06. The molecule has 1 N–H and O–H groups in total. The number of aryl methyl sites for hydroxylation is 1. The van der Waals surface area contributed by atoms with E-state index < -0.39 is 23.2 Å². The molecule has 5 nitrogen and oxygen atoms in total. The fraction of sp³-hybridized carbons (Fsp3) is 0.0870. The lowest BCUT2D eigenvalue weighted by Gasteiger charge is -2.14. The van der Waals surface area contributed by atoms with Crippen LogP contribution in [0.25, 0.3) is 22.2 Å². The molecular weight excluding hydrogens is 424 g/mol. The molecule has 0 unspecified atom stereocenters. The zero-order valence-electron chi connectivity index (χ0n) is 16.3. The van der Waals surface area contributed by atoms with Crippen molar-refractivity contribution in [2.75, 3.05) is 5.32 Å². The van der Waals surface area contributed by atoms with Gasteiger partial charge in [-0.2, -0.15) is 4.98 Å². The first kappa shape index (κ1) is 20.7. The highest BCUT2D eigenvalue weighted by Gasteiger charge is 2.17. The van der Waals surface area contributed by atoms with E-state index in [1.165, 1.54) is 24.3 Å². The molecule has 31 heavy (non-hydrogen) atoms. The first-order valence-corrected chi connectivity index (χ1v) is 9.72. The van der Waals surface area contributed by atoms with Gasteiger partial charge in [-0.15, -0.1) is 0 Å². The average molecular weight is 440 g/mol. The van der Waals surface area contributed by atoms with Crippen LogP contribution < -0.4 is 11.0 Å². The summed E-state index contributed by atoms with van der Waals surface area (Å²) in [6.45, 7) is 1.25. The van der Waals surface area contributed by atoms with Crippen LogP contribution in [0.3, 0.4) is 0 Å². The number of nitrogens with zero attached hydrogens (tertiary/aromatic N) is 2. The molecule has 0 radical (unpaired) electrons. The number of carbonyl (C=O) groups excluding carboxylic acids is 1. The molecule has 0 fully saturated rings. The molecule has 8 heteroatoms. The second kappa shape index (κ2) is 8.28. The molecule has 0 spiro atoms. The van der Waals surface area contributed by atoms with Crippen LogP contribution >= 0.6 is 11.6 Å². The minimum atomic E-state index is -0.724. The predicted octanol–water partition coefficient (Wildman–Crippen LogP) is 4.94. The predicted molar refractivity (Wildman–Crippen MR) is 116 cm³/mol. The number of hydrogen-bond acceptors (Lipinski definition) is 3. The first-order chi connectivity index (χ1) is 14.8. The monoisotopic (exact) mass is 439 g/mol. The first-order valence-electron chi connectivity index (χ1n) is 9.34. The van der Waals surface area contributed by atoms with Gasteiger partial charge in [-0.1, -0.05) is 29.8 Å². The van der Waals surface area contributed by atoms with Gasteiger partial charge in [0.05, 0.1) is 11.2 Å². The van der Waals surface area contributed by atoms with E-state index >= 15 is 0 Å². The van der Waals surface area contributed by atoms with Crippen LogP contribution in [-0.2, 0) is 11.3 Å². The Labute approximate surface area is 180 Å². The van der Waals surface area contributed by atoms with Crippen molar-refractivity contribution in [3.05, 3.63) is 93.4 Å². The summed E-state index contributed by atoms with van der Waals surface area (Å²) in [7, 11) is 0. The molecule has 3 aromatic carbocycles. The third kappa shape index (κ3) is 4.18. The van der Waals surface area contributed by atoms with Gasteiger partial charge in [-0.25, -0.2) is 13.6 Å². The maximum Gasteiger partial charge on any atom is 0.349 e. The molecule has 0 atom stereocenters. The minimum Gasteiger partial charge on any atom is -0.324 e. The molecule has 0 bridgehead atoms. The van der Waals surface area contributed by atoms with Crippen LogP contribution in [0.5, 0.6) is 0 Å². The molecule has 4 aromatic rings. The molecule has 0 aliphatic carbocycles. The number of nitrogens with one attached hydrogen (secondary N) is 1. The number of halogens is 3. The largest absolute Gasteiger partial charge is 0.349 e. The van der Waals surface area contributed by atoms with E-state index in [0.717, 1.165) is 4.57 Å². The Balaban J connectivity index is 1.77. The molecule has 1 heterocycles. The van der Waals surface area contributed by atoms with E-state index in [4.69, 9.17) is 11.6 Å². The number of benzene rings is 3. The number of amides is 1. The van der Waals surface area contributed by atoms with Gasteiger partial charge in [-0.05, 0) is 55.0 Å². The Hall–Kier alpha value is -3.58. The highest BCUT2D eigenvalue weighted by Crippen LogP contribution is 2.29. The van der Waals surface area contributed by atoms with Crippen LogP contribution in [0.1, 0.15) is 5.56 Å². The second-order valence-electron chi connectivity index (χ2n) is 6.98. The number of fused-ring (bicyclic) bond motifs is 1. The molecular formula is C23H16ClF2N3O2. The number of carbonyl (C=O) groups is 1. The average Bonchev–Trinajstić information content (AvgIpc) is 2.73. The Morgan fingerprint density at radius 2 is 1.84 bits per heavy atom. The molecule has 0 aliphatic heterocycles. The normalized spacial score (nSPS) is 11.0. The smallest absolute Gasteiger partial charge is 0.324 e. The van der Waals surface area contributed by atoms with Gasteiger partial charge < -0.3 is 5.32 Å². The molecule has 1 aromatic heterocycles. The van der Waals surface area contributed by atoms with E-state index in [-0.39, 0.29) is 23.5 Å². The molecule has 1 amide bonds. The summed E-state index contributed by atoms with van der Waals surface area (Å²) in [4.78, 5) is 29.3. The summed E-state index contributed by atoms with van der Waals surface area (Å²) >= 11 is 6.13. The van der Waals surface area contributed by atoms with E-state index in [1.807, 2.05) is 0 Å². The van der Waals surface area contributed by atoms with Crippen molar-refractivity contribution in [2.24, 2.45) is 0 Å². The lowest BCUT2D eigenvalue weighted by atomic mass is 10.1. The van der Waals surface area contributed by atoms with Gasteiger partial charge in [0.2, 0.25) is 5.91 Å². The lowest BCUT2D eigenvalue weighted by Crippen LogP contribution is -2.30. The van der Waals surface area contributed by atoms with Crippen LogP contribution in [0.15, 0.2) is 65.5 Å². The Morgan fingerprint density at radius 1 is 1.06 bits per heavy atom. The third-order valence-electron chi connectivity index (χ3n) is 4.83. The SMILES string of the molecule is Cc1ccc(NC(=O)Cn2c(=O)nc(-c3ccccc3F)c3cc(Cl)ccc32)cc1F. The van der Waals surface area contributed by atoms with E-state index in [1.54, 1.807) is 43.3 Å². The van der Waals surface area contributed by atoms with Crippen LogP contribution in [0.4, 0.5) is 14.5 Å². The topological polar surface area (TPSA) is 64.0 Å². The maximum absolute atomic E-state index is 14.4. The number of aromatic nitrogens is 2. The van der Waals surface area contributed by atoms with Gasteiger partial charge in [-0.3, -0.25) is 9.36 Å². The van der Waals surface area contributed by atoms with Crippen molar-refractivity contribution < 1.29 is 13.6 Å². The van der Waals surface area contributed by atoms with Gasteiger partial charge in [0, 0.05) is 21.7 Å². The van der Waals surface area contributed by atoms with Crippen LogP contribution in [-0.4, -0.2) is 15.5 Å². The summed E-state index contributed by atoms with van der Waals surface area (Å²) in [5, 5.41) is 3.36. The second-order valence-corrected chi connectivity index (χ2v) is 7.42. The summed E-state index contributed by atoms with van der Waals surface area (Å²) < 4.78 is 29.3. The van der Waals surface area contributed by atoms with Crippen LogP contribution in [0.2, 0.25) is 5.02 Å². The Bertz CT molecular complexity index is 1390. The summed E-state index contributed by atoms with van der Waals surface area (Å²) in [6.07, 6.45) is 0. The van der Waals surface area contributed by atoms with Crippen molar-refractivity contribution in [2.45, 2.75) is 13.5 Å². The summed E-state index contributed by atoms with van der Waals surface area (Å²) in [5.41, 5.74) is 0.650. The quantitative estimate of drug-likeness (QED) is 0.489. The Morgan fingerprint density at radius 3 is 2.58 bits per heavy atom. The number of rotatable bonds is 4.